The number of carbonyl (C=O) groups is 1. The Morgan fingerprint density at radius 2 is 2.00 bits per heavy atom. The highest BCUT2D eigenvalue weighted by molar-refractivity contribution is 5.76. The van der Waals surface area contributed by atoms with Crippen LogP contribution in [0.15, 0.2) is 36.8 Å². The van der Waals surface area contributed by atoms with Crippen LogP contribution < -0.4 is 0 Å². The molecule has 0 aliphatic rings. The number of ether oxygens (including phenoxy) is 1. The predicted octanol–water partition coefficient (Wildman–Crippen LogP) is 3.40. The lowest BCUT2D eigenvalue weighted by Gasteiger charge is -2.20. The second kappa shape index (κ2) is 5.80. The molecule has 0 aliphatic carbocycles. The van der Waals surface area contributed by atoms with Gasteiger partial charge in [0.25, 0.3) is 0 Å². The fraction of sp³-hybridized carbons (Fsp3) is 0.312. The van der Waals surface area contributed by atoms with Gasteiger partial charge in [0, 0.05) is 29.8 Å². The van der Waals surface area contributed by atoms with Crippen molar-refractivity contribution in [2.24, 2.45) is 0 Å². The van der Waals surface area contributed by atoms with E-state index in [-0.39, 0.29) is 6.42 Å². The van der Waals surface area contributed by atoms with Crippen molar-refractivity contribution in [3.8, 4) is 17.2 Å². The van der Waals surface area contributed by atoms with Crippen molar-refractivity contribution in [1.29, 1.82) is 5.26 Å². The summed E-state index contributed by atoms with van der Waals surface area (Å²) in [6.07, 6.45) is 4.72. The van der Waals surface area contributed by atoms with Crippen LogP contribution in [0.1, 0.15) is 26.5 Å². The first kappa shape index (κ1) is 14.8. The highest BCUT2D eigenvalue weighted by atomic mass is 16.6. The van der Waals surface area contributed by atoms with Crippen LogP contribution in [0, 0.1) is 11.3 Å². The summed E-state index contributed by atoms with van der Waals surface area (Å²) >= 11 is 0. The Hall–Kier alpha value is -2.61. The minimum atomic E-state index is -0.581. The van der Waals surface area contributed by atoms with Crippen molar-refractivity contribution < 1.29 is 9.53 Å². The third-order valence-corrected chi connectivity index (χ3v) is 2.76. The molecule has 108 valence electrons. The van der Waals surface area contributed by atoms with Crippen LogP contribution in [0.3, 0.4) is 0 Å². The van der Waals surface area contributed by atoms with E-state index in [0.717, 1.165) is 11.1 Å². The summed E-state index contributed by atoms with van der Waals surface area (Å²) in [6, 6.07) is 7.59. The Morgan fingerprint density at radius 3 is 2.57 bits per heavy atom. The molecule has 0 amide bonds. The van der Waals surface area contributed by atoms with Gasteiger partial charge in [-0.15, -0.1) is 0 Å². The lowest BCUT2D eigenvalue weighted by Crippen LogP contribution is -2.27. The Balaban J connectivity index is 2.39. The second-order valence-electron chi connectivity index (χ2n) is 5.64. The zero-order valence-corrected chi connectivity index (χ0v) is 12.3. The summed E-state index contributed by atoms with van der Waals surface area (Å²) < 4.78 is 6.76. The van der Waals surface area contributed by atoms with E-state index in [9.17, 15) is 4.79 Å². The minimum Gasteiger partial charge on any atom is -0.443 e. The fourth-order valence-corrected chi connectivity index (χ4v) is 1.91. The van der Waals surface area contributed by atoms with E-state index in [1.54, 1.807) is 18.6 Å². The summed E-state index contributed by atoms with van der Waals surface area (Å²) in [5.41, 5.74) is 1.82. The molecule has 2 aromatic heterocycles. The van der Waals surface area contributed by atoms with Gasteiger partial charge in [0.15, 0.2) is 0 Å². The van der Waals surface area contributed by atoms with E-state index < -0.39 is 11.7 Å². The monoisotopic (exact) mass is 283 g/mol. The van der Waals surface area contributed by atoms with Gasteiger partial charge in [0.2, 0.25) is 0 Å². The topological polar surface area (TPSA) is 67.9 Å². The highest BCUT2D eigenvalue weighted by Crippen LogP contribution is 2.23. The van der Waals surface area contributed by atoms with Crippen molar-refractivity contribution >= 4 is 6.09 Å². The molecule has 0 saturated heterocycles. The number of pyridine rings is 1. The van der Waals surface area contributed by atoms with E-state index in [2.05, 4.69) is 11.1 Å². The molecule has 0 N–H and O–H groups in total. The molecular formula is C16H17N3O2. The van der Waals surface area contributed by atoms with E-state index in [4.69, 9.17) is 10.00 Å². The summed E-state index contributed by atoms with van der Waals surface area (Å²) in [5.74, 6) is 0. The average molecular weight is 283 g/mol. The van der Waals surface area contributed by atoms with Crippen LogP contribution in [0.25, 0.3) is 11.1 Å². The number of hydrogen-bond acceptors (Lipinski definition) is 4. The summed E-state index contributed by atoms with van der Waals surface area (Å²) in [7, 11) is 0. The van der Waals surface area contributed by atoms with Gasteiger partial charge in [-0.1, -0.05) is 0 Å². The molecular weight excluding hydrogens is 266 g/mol. The largest absolute Gasteiger partial charge is 0.443 e. The lowest BCUT2D eigenvalue weighted by molar-refractivity contribution is 0.0534. The van der Waals surface area contributed by atoms with Crippen LogP contribution in [0.4, 0.5) is 4.79 Å². The normalized spacial score (nSPS) is 11.0. The van der Waals surface area contributed by atoms with Gasteiger partial charge in [-0.05, 0) is 44.5 Å². The average Bonchev–Trinajstić information content (AvgIpc) is 2.82. The Kier molecular flexibility index (Phi) is 4.08. The third-order valence-electron chi connectivity index (χ3n) is 2.76. The Morgan fingerprint density at radius 1 is 1.33 bits per heavy atom. The SMILES string of the molecule is CC(C)(C)OC(=O)n1cc(-c2ccncc2)cc1CC#N. The van der Waals surface area contributed by atoms with Crippen molar-refractivity contribution in [3.05, 3.63) is 42.5 Å². The van der Waals surface area contributed by atoms with Gasteiger partial charge in [0.1, 0.15) is 5.60 Å². The molecule has 0 bridgehead atoms. The summed E-state index contributed by atoms with van der Waals surface area (Å²) in [4.78, 5) is 16.2. The van der Waals surface area contributed by atoms with Crippen LogP contribution in [0.5, 0.6) is 0 Å². The molecule has 0 aliphatic heterocycles. The van der Waals surface area contributed by atoms with E-state index in [1.165, 1.54) is 4.57 Å². The molecule has 0 unspecified atom stereocenters. The molecule has 0 saturated carbocycles. The molecule has 0 aromatic carbocycles. The van der Waals surface area contributed by atoms with Crippen molar-refractivity contribution in [2.75, 3.05) is 0 Å². The number of nitriles is 1. The maximum Gasteiger partial charge on any atom is 0.418 e. The quantitative estimate of drug-likeness (QED) is 0.847. The zero-order chi connectivity index (χ0) is 15.5. The van der Waals surface area contributed by atoms with Crippen LogP contribution in [-0.2, 0) is 11.2 Å². The second-order valence-corrected chi connectivity index (χ2v) is 5.64. The van der Waals surface area contributed by atoms with E-state index >= 15 is 0 Å². The van der Waals surface area contributed by atoms with Gasteiger partial charge < -0.3 is 4.74 Å². The fourth-order valence-electron chi connectivity index (χ4n) is 1.91. The van der Waals surface area contributed by atoms with Crippen molar-refractivity contribution in [1.82, 2.24) is 9.55 Å². The number of nitrogens with zero attached hydrogens (tertiary/aromatic N) is 3. The standard InChI is InChI=1S/C16H17N3O2/c1-16(2,3)21-15(20)19-11-13(10-14(19)4-7-17)12-5-8-18-9-6-12/h5-6,8-11H,4H2,1-3H3. The highest BCUT2D eigenvalue weighted by Gasteiger charge is 2.20. The third kappa shape index (κ3) is 3.69. The molecule has 0 radical (unpaired) electrons. The maximum absolute atomic E-state index is 12.2. The Labute approximate surface area is 123 Å². The summed E-state index contributed by atoms with van der Waals surface area (Å²) in [6.45, 7) is 5.42. The maximum atomic E-state index is 12.2. The molecule has 0 atom stereocenters. The number of carbonyl (C=O) groups excluding carboxylic acids is 1. The van der Waals surface area contributed by atoms with Gasteiger partial charge in [-0.25, -0.2) is 4.79 Å². The van der Waals surface area contributed by atoms with Crippen molar-refractivity contribution in [2.45, 2.75) is 32.8 Å². The molecule has 2 aromatic rings. The van der Waals surface area contributed by atoms with Gasteiger partial charge >= 0.3 is 6.09 Å². The van der Waals surface area contributed by atoms with E-state index in [1.807, 2.05) is 39.0 Å². The first-order valence-corrected chi connectivity index (χ1v) is 6.62. The van der Waals surface area contributed by atoms with Crippen molar-refractivity contribution in [3.63, 3.8) is 0 Å². The molecule has 2 rings (SSSR count). The first-order valence-electron chi connectivity index (χ1n) is 6.62. The van der Waals surface area contributed by atoms with Crippen LogP contribution in [-0.4, -0.2) is 21.2 Å². The number of rotatable bonds is 2. The zero-order valence-electron chi connectivity index (χ0n) is 12.3. The first-order chi connectivity index (χ1) is 9.90. The predicted molar refractivity (Wildman–Crippen MR) is 78.6 cm³/mol. The lowest BCUT2D eigenvalue weighted by atomic mass is 10.1. The molecule has 0 fully saturated rings. The Bertz CT molecular complexity index is 676. The van der Waals surface area contributed by atoms with E-state index in [0.29, 0.717) is 5.69 Å². The molecule has 21 heavy (non-hydrogen) atoms. The van der Waals surface area contributed by atoms with Gasteiger partial charge in [-0.3, -0.25) is 9.55 Å². The molecule has 5 heteroatoms. The molecule has 5 nitrogen and oxygen atoms in total. The summed E-state index contributed by atoms with van der Waals surface area (Å²) in [5, 5.41) is 8.91. The molecule has 0 spiro atoms. The molecule has 2 heterocycles. The smallest absolute Gasteiger partial charge is 0.418 e. The van der Waals surface area contributed by atoms with Crippen LogP contribution >= 0.6 is 0 Å². The van der Waals surface area contributed by atoms with Gasteiger partial charge in [-0.2, -0.15) is 5.26 Å². The minimum absolute atomic E-state index is 0.143. The number of aromatic nitrogens is 2. The number of hydrogen-bond donors (Lipinski definition) is 0. The van der Waals surface area contributed by atoms with Gasteiger partial charge in [0.05, 0.1) is 12.5 Å². The van der Waals surface area contributed by atoms with Crippen LogP contribution in [0.2, 0.25) is 0 Å².